The zero-order valence-electron chi connectivity index (χ0n) is 12.4. The number of thiophene rings is 1. The Morgan fingerprint density at radius 2 is 2.18 bits per heavy atom. The third-order valence-electron chi connectivity index (χ3n) is 3.95. The number of anilines is 1. The van der Waals surface area contributed by atoms with E-state index in [0.717, 1.165) is 18.7 Å². The summed E-state index contributed by atoms with van der Waals surface area (Å²) in [5.41, 5.74) is 3.46. The lowest BCUT2D eigenvalue weighted by atomic mass is 10.2. The summed E-state index contributed by atoms with van der Waals surface area (Å²) in [6.45, 7) is 2.37. The van der Waals surface area contributed by atoms with Crippen molar-refractivity contribution in [3.8, 4) is 0 Å². The molecule has 1 amide bonds. The van der Waals surface area contributed by atoms with E-state index in [-0.39, 0.29) is 12.5 Å². The maximum Gasteiger partial charge on any atom is 0.241 e. The van der Waals surface area contributed by atoms with Crippen LogP contribution in [0.25, 0.3) is 0 Å². The van der Waals surface area contributed by atoms with Crippen LogP contribution >= 0.6 is 11.3 Å². The smallest absolute Gasteiger partial charge is 0.241 e. The lowest BCUT2D eigenvalue weighted by Gasteiger charge is -2.24. The van der Waals surface area contributed by atoms with Crippen molar-refractivity contribution in [1.82, 2.24) is 4.90 Å². The third kappa shape index (κ3) is 3.38. The van der Waals surface area contributed by atoms with E-state index >= 15 is 0 Å². The van der Waals surface area contributed by atoms with E-state index in [1.807, 2.05) is 33.4 Å². The maximum absolute atomic E-state index is 12.6. The minimum atomic E-state index is 0.0635. The first kappa shape index (κ1) is 15.2. The molecule has 116 valence electrons. The van der Waals surface area contributed by atoms with Gasteiger partial charge in [-0.05, 0) is 40.4 Å². The molecule has 1 N–H and O–H groups in total. The molecule has 0 fully saturated rings. The average molecular weight is 316 g/mol. The van der Waals surface area contributed by atoms with E-state index < -0.39 is 0 Å². The molecule has 1 aromatic carbocycles. The molecule has 0 saturated carbocycles. The SMILES string of the molecule is O=C(CN(CCO)Cc1ccsc1)N1CCc2ccccc21. The predicted octanol–water partition coefficient (Wildman–Crippen LogP) is 2.13. The summed E-state index contributed by atoms with van der Waals surface area (Å²) in [4.78, 5) is 16.5. The fourth-order valence-electron chi connectivity index (χ4n) is 2.87. The lowest BCUT2D eigenvalue weighted by molar-refractivity contribution is -0.119. The van der Waals surface area contributed by atoms with E-state index in [9.17, 15) is 9.90 Å². The molecule has 0 unspecified atom stereocenters. The normalized spacial score (nSPS) is 13.6. The van der Waals surface area contributed by atoms with Gasteiger partial charge in [0, 0.05) is 25.3 Å². The minimum Gasteiger partial charge on any atom is -0.395 e. The number of hydrogen-bond donors (Lipinski definition) is 1. The van der Waals surface area contributed by atoms with Gasteiger partial charge in [-0.2, -0.15) is 11.3 Å². The number of fused-ring (bicyclic) bond motifs is 1. The largest absolute Gasteiger partial charge is 0.395 e. The number of aliphatic hydroxyl groups is 1. The zero-order valence-corrected chi connectivity index (χ0v) is 13.3. The van der Waals surface area contributed by atoms with Gasteiger partial charge < -0.3 is 10.0 Å². The molecule has 2 heterocycles. The quantitative estimate of drug-likeness (QED) is 0.888. The Morgan fingerprint density at radius 1 is 1.32 bits per heavy atom. The highest BCUT2D eigenvalue weighted by Crippen LogP contribution is 2.27. The van der Waals surface area contributed by atoms with Gasteiger partial charge in [-0.25, -0.2) is 0 Å². The summed E-state index contributed by atoms with van der Waals surface area (Å²) in [5, 5.41) is 13.4. The molecule has 1 aromatic heterocycles. The monoisotopic (exact) mass is 316 g/mol. The molecule has 0 bridgehead atoms. The zero-order chi connectivity index (χ0) is 15.4. The van der Waals surface area contributed by atoms with E-state index in [1.165, 1.54) is 11.1 Å². The minimum absolute atomic E-state index is 0.0635. The number of amides is 1. The molecular formula is C17H20N2O2S. The van der Waals surface area contributed by atoms with Crippen LogP contribution in [0.1, 0.15) is 11.1 Å². The highest BCUT2D eigenvalue weighted by molar-refractivity contribution is 7.07. The molecule has 5 heteroatoms. The van der Waals surface area contributed by atoms with Crippen LogP contribution < -0.4 is 4.90 Å². The van der Waals surface area contributed by atoms with Crippen LogP contribution in [0.4, 0.5) is 5.69 Å². The van der Waals surface area contributed by atoms with Gasteiger partial charge in [0.2, 0.25) is 5.91 Å². The second kappa shape index (κ2) is 7.05. The molecule has 3 rings (SSSR count). The topological polar surface area (TPSA) is 43.8 Å². The Hall–Kier alpha value is -1.69. The van der Waals surface area contributed by atoms with Gasteiger partial charge >= 0.3 is 0 Å². The van der Waals surface area contributed by atoms with Gasteiger partial charge in [-0.15, -0.1) is 0 Å². The van der Waals surface area contributed by atoms with Crippen molar-refractivity contribution in [2.75, 3.05) is 31.1 Å². The van der Waals surface area contributed by atoms with Crippen LogP contribution in [-0.2, 0) is 17.8 Å². The summed E-state index contributed by atoms with van der Waals surface area (Å²) in [5.74, 6) is 0.105. The fraction of sp³-hybridized carbons (Fsp3) is 0.353. The first-order chi connectivity index (χ1) is 10.8. The number of benzene rings is 1. The summed E-state index contributed by atoms with van der Waals surface area (Å²) in [6, 6.07) is 10.1. The Morgan fingerprint density at radius 3 is 2.95 bits per heavy atom. The highest BCUT2D eigenvalue weighted by atomic mass is 32.1. The summed E-state index contributed by atoms with van der Waals surface area (Å²) >= 11 is 1.65. The number of hydrogen-bond acceptors (Lipinski definition) is 4. The Bertz CT molecular complexity index is 627. The predicted molar refractivity (Wildman–Crippen MR) is 89.2 cm³/mol. The summed E-state index contributed by atoms with van der Waals surface area (Å²) < 4.78 is 0. The van der Waals surface area contributed by atoms with Crippen LogP contribution in [0, 0.1) is 0 Å². The number of rotatable bonds is 6. The molecular weight excluding hydrogens is 296 g/mol. The van der Waals surface area contributed by atoms with Crippen molar-refractivity contribution in [3.05, 3.63) is 52.2 Å². The number of carbonyl (C=O) groups is 1. The second-order valence-electron chi connectivity index (χ2n) is 5.49. The number of aliphatic hydroxyl groups excluding tert-OH is 1. The molecule has 0 atom stereocenters. The molecule has 0 spiro atoms. The van der Waals surface area contributed by atoms with Crippen molar-refractivity contribution in [3.63, 3.8) is 0 Å². The van der Waals surface area contributed by atoms with Crippen molar-refractivity contribution in [1.29, 1.82) is 0 Å². The average Bonchev–Trinajstić information content (AvgIpc) is 3.16. The number of carbonyl (C=O) groups excluding carboxylic acids is 1. The van der Waals surface area contributed by atoms with Crippen LogP contribution in [0.2, 0.25) is 0 Å². The first-order valence-corrected chi connectivity index (χ1v) is 8.45. The number of nitrogens with zero attached hydrogens (tertiary/aromatic N) is 2. The van der Waals surface area contributed by atoms with Gasteiger partial charge in [0.1, 0.15) is 0 Å². The second-order valence-corrected chi connectivity index (χ2v) is 6.27. The molecule has 4 nitrogen and oxygen atoms in total. The molecule has 1 aliphatic rings. The fourth-order valence-corrected chi connectivity index (χ4v) is 3.53. The van der Waals surface area contributed by atoms with E-state index in [1.54, 1.807) is 11.3 Å². The van der Waals surface area contributed by atoms with Crippen LogP contribution in [-0.4, -0.2) is 42.2 Å². The van der Waals surface area contributed by atoms with Crippen LogP contribution in [0.3, 0.4) is 0 Å². The third-order valence-corrected chi connectivity index (χ3v) is 4.68. The van der Waals surface area contributed by atoms with Crippen LogP contribution in [0.15, 0.2) is 41.1 Å². The Balaban J connectivity index is 1.66. The maximum atomic E-state index is 12.6. The molecule has 0 saturated heterocycles. The van der Waals surface area contributed by atoms with Crippen molar-refractivity contribution < 1.29 is 9.90 Å². The van der Waals surface area contributed by atoms with Gasteiger partial charge in [-0.1, -0.05) is 18.2 Å². The van der Waals surface area contributed by atoms with Crippen LogP contribution in [0.5, 0.6) is 0 Å². The van der Waals surface area contributed by atoms with Crippen molar-refractivity contribution >= 4 is 22.9 Å². The van der Waals surface area contributed by atoms with E-state index in [4.69, 9.17) is 0 Å². The number of para-hydroxylation sites is 1. The van der Waals surface area contributed by atoms with Gasteiger partial charge in [0.25, 0.3) is 0 Å². The molecule has 0 radical (unpaired) electrons. The van der Waals surface area contributed by atoms with Gasteiger partial charge in [-0.3, -0.25) is 9.69 Å². The Labute approximate surface area is 134 Å². The lowest BCUT2D eigenvalue weighted by Crippen LogP contribution is -2.40. The summed E-state index contributed by atoms with van der Waals surface area (Å²) in [6.07, 6.45) is 0.923. The highest BCUT2D eigenvalue weighted by Gasteiger charge is 2.25. The molecule has 1 aliphatic heterocycles. The van der Waals surface area contributed by atoms with Gasteiger partial charge in [0.05, 0.1) is 13.2 Å². The van der Waals surface area contributed by atoms with Crippen molar-refractivity contribution in [2.45, 2.75) is 13.0 Å². The Kier molecular flexibility index (Phi) is 4.87. The molecule has 22 heavy (non-hydrogen) atoms. The first-order valence-electron chi connectivity index (χ1n) is 7.50. The standard InChI is InChI=1S/C17H20N2O2S/c20-9-8-18(11-14-6-10-22-13-14)12-17(21)19-7-5-15-3-1-2-4-16(15)19/h1-4,6,10,13,20H,5,7-9,11-12H2. The summed E-state index contributed by atoms with van der Waals surface area (Å²) in [7, 11) is 0. The van der Waals surface area contributed by atoms with E-state index in [2.05, 4.69) is 17.5 Å². The van der Waals surface area contributed by atoms with E-state index in [0.29, 0.717) is 19.6 Å². The molecule has 2 aromatic rings. The van der Waals surface area contributed by atoms with Gasteiger partial charge in [0.15, 0.2) is 0 Å². The molecule has 0 aliphatic carbocycles. The van der Waals surface area contributed by atoms with Crippen molar-refractivity contribution in [2.24, 2.45) is 0 Å².